The summed E-state index contributed by atoms with van der Waals surface area (Å²) in [5.74, 6) is -0.359. The normalized spacial score (nSPS) is 11.6. The number of carbonyl (C=O) groups is 1. The molecule has 0 spiro atoms. The van der Waals surface area contributed by atoms with Gasteiger partial charge in [0.1, 0.15) is 0 Å². The molecule has 0 saturated carbocycles. The second kappa shape index (κ2) is 8.33. The molecule has 0 heterocycles. The average molecular weight is 439 g/mol. The first kappa shape index (κ1) is 20.6. The van der Waals surface area contributed by atoms with Crippen molar-refractivity contribution in [1.29, 1.82) is 0 Å². The zero-order valence-corrected chi connectivity index (χ0v) is 17.7. The summed E-state index contributed by atoms with van der Waals surface area (Å²) in [6.07, 6.45) is 1.11. The largest absolute Gasteiger partial charge is 0.324 e. The molecule has 2 aromatic rings. The van der Waals surface area contributed by atoms with Gasteiger partial charge in [-0.3, -0.25) is 4.79 Å². The van der Waals surface area contributed by atoms with E-state index in [-0.39, 0.29) is 19.0 Å². The lowest BCUT2D eigenvalue weighted by molar-refractivity contribution is -0.116. The number of rotatable bonds is 6. The Morgan fingerprint density at radius 1 is 1.08 bits per heavy atom. The number of aryl methyl sites for hydroxylation is 3. The lowest BCUT2D eigenvalue weighted by Crippen LogP contribution is -2.37. The molecule has 0 aliphatic rings. The van der Waals surface area contributed by atoms with Crippen molar-refractivity contribution in [3.8, 4) is 0 Å². The number of benzene rings is 2. The Hall–Kier alpha value is -1.70. The van der Waals surface area contributed by atoms with E-state index >= 15 is 0 Å². The fourth-order valence-electron chi connectivity index (χ4n) is 2.80. The van der Waals surface area contributed by atoms with Gasteiger partial charge >= 0.3 is 0 Å². The van der Waals surface area contributed by atoms with Gasteiger partial charge in [0.15, 0.2) is 0 Å². The van der Waals surface area contributed by atoms with Gasteiger partial charge in [-0.25, -0.2) is 8.42 Å². The van der Waals surface area contributed by atoms with Crippen LogP contribution in [0.1, 0.15) is 22.3 Å². The molecule has 140 valence electrons. The van der Waals surface area contributed by atoms with Crippen molar-refractivity contribution < 1.29 is 13.2 Å². The minimum absolute atomic E-state index is 0.144. The van der Waals surface area contributed by atoms with E-state index in [1.165, 1.54) is 4.31 Å². The number of sulfonamides is 1. The Kier molecular flexibility index (Phi) is 6.60. The number of hydrogen-bond acceptors (Lipinski definition) is 3. The summed E-state index contributed by atoms with van der Waals surface area (Å²) in [5, 5.41) is 2.85. The number of halogens is 1. The Labute approximate surface area is 163 Å². The number of carbonyl (C=O) groups excluding carboxylic acids is 1. The third kappa shape index (κ3) is 5.65. The molecule has 0 atom stereocenters. The molecule has 0 unspecified atom stereocenters. The molecule has 0 fully saturated rings. The summed E-state index contributed by atoms with van der Waals surface area (Å²) in [6, 6.07) is 11.3. The van der Waals surface area contributed by atoms with Gasteiger partial charge < -0.3 is 5.32 Å². The van der Waals surface area contributed by atoms with Gasteiger partial charge in [0.05, 0.1) is 12.8 Å². The maximum atomic E-state index is 12.5. The summed E-state index contributed by atoms with van der Waals surface area (Å²) in [7, 11) is -3.53. The Balaban J connectivity index is 2.16. The minimum Gasteiger partial charge on any atom is -0.324 e. The van der Waals surface area contributed by atoms with Crippen LogP contribution in [0.15, 0.2) is 40.9 Å². The van der Waals surface area contributed by atoms with Crippen molar-refractivity contribution >= 4 is 37.5 Å². The lowest BCUT2D eigenvalue weighted by Gasteiger charge is -2.20. The molecule has 2 aromatic carbocycles. The maximum absolute atomic E-state index is 12.5. The summed E-state index contributed by atoms with van der Waals surface area (Å²) in [6.45, 7) is 5.75. The zero-order chi connectivity index (χ0) is 19.5. The van der Waals surface area contributed by atoms with Crippen molar-refractivity contribution in [2.75, 3.05) is 18.1 Å². The van der Waals surface area contributed by atoms with Crippen molar-refractivity contribution in [3.63, 3.8) is 0 Å². The molecule has 1 amide bonds. The van der Waals surface area contributed by atoms with Gasteiger partial charge in [-0.05, 0) is 49.6 Å². The molecule has 26 heavy (non-hydrogen) atoms. The first-order valence-corrected chi connectivity index (χ1v) is 10.8. The Bertz CT molecular complexity index is 886. The van der Waals surface area contributed by atoms with Crippen molar-refractivity contribution in [2.45, 2.75) is 27.3 Å². The number of amides is 1. The smallest absolute Gasteiger partial charge is 0.239 e. The number of nitrogens with one attached hydrogen (secondary N) is 1. The average Bonchev–Trinajstić information content (AvgIpc) is 2.51. The van der Waals surface area contributed by atoms with E-state index in [0.717, 1.165) is 38.7 Å². The molecule has 0 radical (unpaired) electrons. The van der Waals surface area contributed by atoms with Crippen LogP contribution in [0.4, 0.5) is 5.69 Å². The molecule has 2 rings (SSSR count). The highest BCUT2D eigenvalue weighted by atomic mass is 79.9. The van der Waals surface area contributed by atoms with E-state index in [2.05, 4.69) is 21.2 Å². The molecule has 1 N–H and O–H groups in total. The molecular weight excluding hydrogens is 416 g/mol. The highest BCUT2D eigenvalue weighted by Gasteiger charge is 2.21. The third-order valence-electron chi connectivity index (χ3n) is 4.00. The van der Waals surface area contributed by atoms with Crippen LogP contribution in [-0.2, 0) is 21.4 Å². The van der Waals surface area contributed by atoms with E-state index in [0.29, 0.717) is 0 Å². The topological polar surface area (TPSA) is 66.5 Å². The molecule has 0 bridgehead atoms. The van der Waals surface area contributed by atoms with E-state index in [9.17, 15) is 13.2 Å². The number of hydrogen-bond donors (Lipinski definition) is 1. The van der Waals surface area contributed by atoms with Crippen LogP contribution in [0, 0.1) is 20.8 Å². The van der Waals surface area contributed by atoms with Gasteiger partial charge in [-0.1, -0.05) is 45.8 Å². The summed E-state index contributed by atoms with van der Waals surface area (Å²) in [4.78, 5) is 12.5. The van der Waals surface area contributed by atoms with Crippen LogP contribution in [0.2, 0.25) is 0 Å². The summed E-state index contributed by atoms with van der Waals surface area (Å²) >= 11 is 3.35. The zero-order valence-electron chi connectivity index (χ0n) is 15.3. The predicted octanol–water partition coefficient (Wildman–Crippen LogP) is 3.77. The van der Waals surface area contributed by atoms with Crippen LogP contribution in [-0.4, -0.2) is 31.4 Å². The molecular formula is C19H23BrN2O3S. The molecule has 5 nitrogen and oxygen atoms in total. The molecule has 0 aliphatic carbocycles. The molecule has 0 saturated heterocycles. The van der Waals surface area contributed by atoms with Gasteiger partial charge in [-0.15, -0.1) is 0 Å². The molecule has 0 aromatic heterocycles. The quantitative estimate of drug-likeness (QED) is 0.745. The summed E-state index contributed by atoms with van der Waals surface area (Å²) in [5.41, 5.74) is 4.57. The first-order chi connectivity index (χ1) is 12.1. The molecule has 7 heteroatoms. The minimum atomic E-state index is -3.53. The van der Waals surface area contributed by atoms with Gasteiger partial charge in [0.2, 0.25) is 15.9 Å². The van der Waals surface area contributed by atoms with Crippen molar-refractivity contribution in [1.82, 2.24) is 4.31 Å². The molecule has 0 aliphatic heterocycles. The lowest BCUT2D eigenvalue weighted by atomic mass is 10.1. The van der Waals surface area contributed by atoms with E-state index in [4.69, 9.17) is 0 Å². The summed E-state index contributed by atoms with van der Waals surface area (Å²) < 4.78 is 26.3. The fraction of sp³-hybridized carbons (Fsp3) is 0.316. The highest BCUT2D eigenvalue weighted by molar-refractivity contribution is 9.10. The van der Waals surface area contributed by atoms with E-state index < -0.39 is 10.0 Å². The van der Waals surface area contributed by atoms with Crippen LogP contribution >= 0.6 is 15.9 Å². The van der Waals surface area contributed by atoms with E-state index in [1.807, 2.05) is 57.2 Å². The Morgan fingerprint density at radius 3 is 2.12 bits per heavy atom. The van der Waals surface area contributed by atoms with Crippen molar-refractivity contribution in [2.24, 2.45) is 0 Å². The van der Waals surface area contributed by atoms with Crippen molar-refractivity contribution in [3.05, 3.63) is 63.1 Å². The van der Waals surface area contributed by atoms with Gasteiger partial charge in [-0.2, -0.15) is 4.31 Å². The first-order valence-electron chi connectivity index (χ1n) is 8.13. The van der Waals surface area contributed by atoms with Crippen LogP contribution in [0.3, 0.4) is 0 Å². The second-order valence-corrected chi connectivity index (χ2v) is 9.38. The predicted molar refractivity (Wildman–Crippen MR) is 109 cm³/mol. The second-order valence-electron chi connectivity index (χ2n) is 6.48. The standard InChI is InChI=1S/C19H23BrN2O3S/c1-13-9-14(2)19(15(3)10-13)21-18(23)12-22(26(4,24)25)11-16-5-7-17(20)8-6-16/h5-10H,11-12H2,1-4H3,(H,21,23). The SMILES string of the molecule is Cc1cc(C)c(NC(=O)CN(Cc2ccc(Br)cc2)S(C)(=O)=O)c(C)c1. The maximum Gasteiger partial charge on any atom is 0.239 e. The highest BCUT2D eigenvalue weighted by Crippen LogP contribution is 2.22. The number of anilines is 1. The van der Waals surface area contributed by atoms with Crippen LogP contribution < -0.4 is 5.32 Å². The monoisotopic (exact) mass is 438 g/mol. The van der Waals surface area contributed by atoms with Gasteiger partial charge in [0, 0.05) is 16.7 Å². The van der Waals surface area contributed by atoms with E-state index in [1.54, 1.807) is 0 Å². The van der Waals surface area contributed by atoms with Crippen LogP contribution in [0.5, 0.6) is 0 Å². The number of nitrogens with zero attached hydrogens (tertiary/aromatic N) is 1. The van der Waals surface area contributed by atoms with Gasteiger partial charge in [0.25, 0.3) is 0 Å². The Morgan fingerprint density at radius 2 is 1.62 bits per heavy atom. The fourth-order valence-corrected chi connectivity index (χ4v) is 3.80. The van der Waals surface area contributed by atoms with Crippen LogP contribution in [0.25, 0.3) is 0 Å². The third-order valence-corrected chi connectivity index (χ3v) is 5.73.